The fourth-order valence-electron chi connectivity index (χ4n) is 4.11. The monoisotopic (exact) mass is 265 g/mol. The molecule has 3 fully saturated rings. The van der Waals surface area contributed by atoms with Gasteiger partial charge in [-0.25, -0.2) is 0 Å². The number of piperazine rings is 1. The van der Waals surface area contributed by atoms with Crippen molar-refractivity contribution >= 4 is 5.91 Å². The molecule has 0 aromatic carbocycles. The first-order valence-electron chi connectivity index (χ1n) is 7.98. The highest BCUT2D eigenvalue weighted by molar-refractivity contribution is 5.78. The van der Waals surface area contributed by atoms with Gasteiger partial charge >= 0.3 is 0 Å². The van der Waals surface area contributed by atoms with Crippen LogP contribution in [0, 0.1) is 5.41 Å². The SMILES string of the molecule is O=C1CCCN1CC1(CN2CCNCC2)CCCC1. The molecule has 19 heavy (non-hydrogen) atoms. The number of likely N-dealkylation sites (tertiary alicyclic amines) is 1. The van der Waals surface area contributed by atoms with Crippen molar-refractivity contribution in [3.05, 3.63) is 0 Å². The van der Waals surface area contributed by atoms with E-state index in [1.807, 2.05) is 0 Å². The van der Waals surface area contributed by atoms with Gasteiger partial charge in [-0.1, -0.05) is 12.8 Å². The van der Waals surface area contributed by atoms with Gasteiger partial charge in [-0.2, -0.15) is 0 Å². The summed E-state index contributed by atoms with van der Waals surface area (Å²) in [6.07, 6.45) is 7.20. The molecule has 2 heterocycles. The molecule has 3 rings (SSSR count). The predicted octanol–water partition coefficient (Wildman–Crippen LogP) is 1.07. The van der Waals surface area contributed by atoms with Crippen LogP contribution in [0.1, 0.15) is 38.5 Å². The van der Waals surface area contributed by atoms with Crippen LogP contribution in [-0.2, 0) is 4.79 Å². The van der Waals surface area contributed by atoms with Crippen LogP contribution in [0.25, 0.3) is 0 Å². The summed E-state index contributed by atoms with van der Waals surface area (Å²) in [5.74, 6) is 0.395. The molecular weight excluding hydrogens is 238 g/mol. The third-order valence-electron chi connectivity index (χ3n) is 5.13. The van der Waals surface area contributed by atoms with Crippen LogP contribution in [0.3, 0.4) is 0 Å². The molecule has 1 aliphatic carbocycles. The van der Waals surface area contributed by atoms with Gasteiger partial charge in [-0.3, -0.25) is 4.79 Å². The third kappa shape index (κ3) is 3.11. The molecule has 108 valence electrons. The topological polar surface area (TPSA) is 35.6 Å². The van der Waals surface area contributed by atoms with Gasteiger partial charge in [0.15, 0.2) is 0 Å². The van der Waals surface area contributed by atoms with Crippen molar-refractivity contribution in [3.63, 3.8) is 0 Å². The van der Waals surface area contributed by atoms with Gasteiger partial charge in [-0.05, 0) is 19.3 Å². The first-order valence-corrected chi connectivity index (χ1v) is 7.98. The average Bonchev–Trinajstić information content (AvgIpc) is 3.02. The zero-order valence-electron chi connectivity index (χ0n) is 12.0. The van der Waals surface area contributed by atoms with Gasteiger partial charge in [0.05, 0.1) is 0 Å². The maximum Gasteiger partial charge on any atom is 0.222 e. The van der Waals surface area contributed by atoms with Gasteiger partial charge in [0.1, 0.15) is 0 Å². The Morgan fingerprint density at radius 2 is 1.74 bits per heavy atom. The Kier molecular flexibility index (Phi) is 4.08. The molecule has 4 heteroatoms. The number of rotatable bonds is 4. The number of nitrogens with zero attached hydrogens (tertiary/aromatic N) is 2. The molecule has 1 amide bonds. The molecule has 2 aliphatic heterocycles. The van der Waals surface area contributed by atoms with E-state index >= 15 is 0 Å². The Hall–Kier alpha value is -0.610. The van der Waals surface area contributed by atoms with Crippen molar-refractivity contribution in [2.75, 3.05) is 45.8 Å². The quantitative estimate of drug-likeness (QED) is 0.826. The highest BCUT2D eigenvalue weighted by Gasteiger charge is 2.39. The molecule has 0 aromatic rings. The van der Waals surface area contributed by atoms with E-state index in [1.54, 1.807) is 0 Å². The first kappa shape index (κ1) is 13.4. The van der Waals surface area contributed by atoms with E-state index in [2.05, 4.69) is 15.1 Å². The Morgan fingerprint density at radius 1 is 1.00 bits per heavy atom. The number of hydrogen-bond acceptors (Lipinski definition) is 3. The van der Waals surface area contributed by atoms with E-state index in [4.69, 9.17) is 0 Å². The second-order valence-corrected chi connectivity index (χ2v) is 6.65. The van der Waals surface area contributed by atoms with Crippen molar-refractivity contribution in [1.29, 1.82) is 0 Å². The second-order valence-electron chi connectivity index (χ2n) is 6.65. The van der Waals surface area contributed by atoms with Gasteiger partial charge < -0.3 is 15.1 Å². The van der Waals surface area contributed by atoms with Crippen molar-refractivity contribution in [2.24, 2.45) is 5.41 Å². The molecule has 0 bridgehead atoms. The number of hydrogen-bond donors (Lipinski definition) is 1. The Balaban J connectivity index is 1.62. The van der Waals surface area contributed by atoms with E-state index < -0.39 is 0 Å². The highest BCUT2D eigenvalue weighted by Crippen LogP contribution is 2.40. The first-order chi connectivity index (χ1) is 9.27. The lowest BCUT2D eigenvalue weighted by Crippen LogP contribution is -2.50. The predicted molar refractivity (Wildman–Crippen MR) is 76.0 cm³/mol. The third-order valence-corrected chi connectivity index (χ3v) is 5.13. The lowest BCUT2D eigenvalue weighted by Gasteiger charge is -2.39. The lowest BCUT2D eigenvalue weighted by molar-refractivity contribution is -0.129. The minimum absolute atomic E-state index is 0.395. The maximum atomic E-state index is 11.9. The molecule has 0 aromatic heterocycles. The summed E-state index contributed by atoms with van der Waals surface area (Å²) in [5.41, 5.74) is 0.400. The van der Waals surface area contributed by atoms with E-state index in [0.29, 0.717) is 11.3 Å². The van der Waals surface area contributed by atoms with Crippen molar-refractivity contribution in [3.8, 4) is 0 Å². The highest BCUT2D eigenvalue weighted by atomic mass is 16.2. The molecule has 0 radical (unpaired) electrons. The molecule has 1 saturated carbocycles. The molecule has 0 unspecified atom stereocenters. The summed E-state index contributed by atoms with van der Waals surface area (Å²) in [4.78, 5) is 16.7. The maximum absolute atomic E-state index is 11.9. The summed E-state index contributed by atoms with van der Waals surface area (Å²) < 4.78 is 0. The minimum atomic E-state index is 0.395. The molecular formula is C15H27N3O. The largest absolute Gasteiger partial charge is 0.342 e. The molecule has 2 saturated heterocycles. The summed E-state index contributed by atoms with van der Waals surface area (Å²) in [5, 5.41) is 3.43. The van der Waals surface area contributed by atoms with Gasteiger partial charge in [-0.15, -0.1) is 0 Å². The average molecular weight is 265 g/mol. The fourth-order valence-corrected chi connectivity index (χ4v) is 4.11. The van der Waals surface area contributed by atoms with E-state index in [9.17, 15) is 4.79 Å². The second kappa shape index (κ2) is 5.80. The Morgan fingerprint density at radius 3 is 2.37 bits per heavy atom. The van der Waals surface area contributed by atoms with E-state index in [-0.39, 0.29) is 0 Å². The smallest absolute Gasteiger partial charge is 0.222 e. The summed E-state index contributed by atoms with van der Waals surface area (Å²) in [7, 11) is 0. The molecule has 0 atom stereocenters. The molecule has 0 spiro atoms. The lowest BCUT2D eigenvalue weighted by atomic mass is 9.84. The van der Waals surface area contributed by atoms with Gasteiger partial charge in [0, 0.05) is 57.6 Å². The zero-order valence-corrected chi connectivity index (χ0v) is 12.0. The van der Waals surface area contributed by atoms with E-state index in [1.165, 1.54) is 45.3 Å². The summed E-state index contributed by atoms with van der Waals surface area (Å²) in [6, 6.07) is 0. The zero-order chi connectivity index (χ0) is 13.1. The number of carbonyl (C=O) groups is 1. The standard InChI is InChI=1S/C15H27N3O/c19-14-4-3-9-18(14)13-15(5-1-2-6-15)12-17-10-7-16-8-11-17/h16H,1-13H2. The van der Waals surface area contributed by atoms with E-state index in [0.717, 1.165) is 39.0 Å². The summed E-state index contributed by atoms with van der Waals surface area (Å²) in [6.45, 7) is 7.83. The van der Waals surface area contributed by atoms with Crippen molar-refractivity contribution in [1.82, 2.24) is 15.1 Å². The number of carbonyl (C=O) groups excluding carboxylic acids is 1. The van der Waals surface area contributed by atoms with Crippen LogP contribution in [0.5, 0.6) is 0 Å². The Bertz CT molecular complexity index is 319. The summed E-state index contributed by atoms with van der Waals surface area (Å²) >= 11 is 0. The number of nitrogens with one attached hydrogen (secondary N) is 1. The van der Waals surface area contributed by atoms with Crippen LogP contribution in [-0.4, -0.2) is 61.5 Å². The van der Waals surface area contributed by atoms with Crippen molar-refractivity contribution in [2.45, 2.75) is 38.5 Å². The minimum Gasteiger partial charge on any atom is -0.342 e. The van der Waals surface area contributed by atoms with Crippen LogP contribution in [0.4, 0.5) is 0 Å². The molecule has 1 N–H and O–H groups in total. The Labute approximate surface area is 116 Å². The fraction of sp³-hybridized carbons (Fsp3) is 0.933. The van der Waals surface area contributed by atoms with Gasteiger partial charge in [0.25, 0.3) is 0 Å². The van der Waals surface area contributed by atoms with Crippen LogP contribution < -0.4 is 5.32 Å². The van der Waals surface area contributed by atoms with Crippen LogP contribution >= 0.6 is 0 Å². The van der Waals surface area contributed by atoms with Gasteiger partial charge in [0.2, 0.25) is 5.91 Å². The van der Waals surface area contributed by atoms with Crippen LogP contribution in [0.2, 0.25) is 0 Å². The number of amides is 1. The molecule has 3 aliphatic rings. The van der Waals surface area contributed by atoms with Crippen molar-refractivity contribution < 1.29 is 4.79 Å². The normalized spacial score (nSPS) is 28.2. The molecule has 4 nitrogen and oxygen atoms in total. The van der Waals surface area contributed by atoms with Crippen LogP contribution in [0.15, 0.2) is 0 Å².